The van der Waals surface area contributed by atoms with E-state index in [-0.39, 0.29) is 5.91 Å². The van der Waals surface area contributed by atoms with E-state index >= 15 is 0 Å². The number of nitrogens with one attached hydrogen (secondary N) is 1. The molecule has 0 spiro atoms. The van der Waals surface area contributed by atoms with Crippen LogP contribution in [0.5, 0.6) is 0 Å². The summed E-state index contributed by atoms with van der Waals surface area (Å²) >= 11 is 1.49. The molecule has 20 heavy (non-hydrogen) atoms. The number of thiazole rings is 1. The van der Waals surface area contributed by atoms with E-state index in [0.717, 1.165) is 34.1 Å². The summed E-state index contributed by atoms with van der Waals surface area (Å²) < 4.78 is 2.05. The largest absolute Gasteiger partial charge is 0.349 e. The highest BCUT2D eigenvalue weighted by Gasteiger charge is 2.22. The van der Waals surface area contributed by atoms with Gasteiger partial charge in [-0.15, -0.1) is 0 Å². The van der Waals surface area contributed by atoms with Crippen molar-refractivity contribution in [3.8, 4) is 0 Å². The minimum Gasteiger partial charge on any atom is -0.349 e. The van der Waals surface area contributed by atoms with Gasteiger partial charge in [0.15, 0.2) is 4.96 Å². The lowest BCUT2D eigenvalue weighted by Gasteiger charge is -2.10. The number of hydrogen-bond acceptors (Lipinski definition) is 3. The molecule has 2 aromatic heterocycles. The third kappa shape index (κ3) is 2.35. The molecule has 3 rings (SSSR count). The number of carbonyl (C=O) groups excluding carboxylic acids is 1. The second-order valence-corrected chi connectivity index (χ2v) is 6.92. The fraction of sp³-hybridized carbons (Fsp3) is 0.600. The van der Waals surface area contributed by atoms with Crippen molar-refractivity contribution in [2.45, 2.75) is 58.4 Å². The quantitative estimate of drug-likeness (QED) is 0.940. The van der Waals surface area contributed by atoms with E-state index in [0.29, 0.717) is 12.0 Å². The van der Waals surface area contributed by atoms with Crippen LogP contribution >= 0.6 is 11.3 Å². The van der Waals surface area contributed by atoms with Crippen LogP contribution in [0.15, 0.2) is 6.20 Å². The average Bonchev–Trinajstić information content (AvgIpc) is 3.07. The first-order chi connectivity index (χ1) is 9.56. The molecule has 0 aliphatic heterocycles. The van der Waals surface area contributed by atoms with E-state index in [1.807, 2.05) is 11.3 Å². The molecule has 0 bridgehead atoms. The van der Waals surface area contributed by atoms with Crippen LogP contribution in [0.4, 0.5) is 0 Å². The molecule has 1 aliphatic carbocycles. The van der Waals surface area contributed by atoms with Gasteiger partial charge in [0, 0.05) is 17.9 Å². The molecule has 1 fully saturated rings. The predicted molar refractivity (Wildman–Crippen MR) is 81.6 cm³/mol. The fourth-order valence-electron chi connectivity index (χ4n) is 2.78. The Balaban J connectivity index is 1.86. The lowest BCUT2D eigenvalue weighted by Crippen LogP contribution is -2.32. The fourth-order valence-corrected chi connectivity index (χ4v) is 3.80. The first-order valence-electron chi connectivity index (χ1n) is 7.35. The van der Waals surface area contributed by atoms with E-state index in [9.17, 15) is 4.79 Å². The summed E-state index contributed by atoms with van der Waals surface area (Å²) in [6, 6.07) is 0.363. The molecule has 0 saturated heterocycles. The number of aryl methyl sites for hydroxylation is 1. The van der Waals surface area contributed by atoms with E-state index in [2.05, 4.69) is 30.3 Å². The van der Waals surface area contributed by atoms with Crippen molar-refractivity contribution in [1.82, 2.24) is 14.7 Å². The second-order valence-electron chi connectivity index (χ2n) is 5.94. The Morgan fingerprint density at radius 2 is 2.15 bits per heavy atom. The maximum atomic E-state index is 12.4. The summed E-state index contributed by atoms with van der Waals surface area (Å²) in [6.45, 7) is 6.27. The monoisotopic (exact) mass is 291 g/mol. The molecule has 5 heteroatoms. The zero-order valence-electron chi connectivity index (χ0n) is 12.3. The van der Waals surface area contributed by atoms with Gasteiger partial charge in [-0.1, -0.05) is 38.0 Å². The summed E-state index contributed by atoms with van der Waals surface area (Å²) in [5.74, 6) is 0.480. The Labute approximate surface area is 123 Å². The van der Waals surface area contributed by atoms with Gasteiger partial charge in [0.25, 0.3) is 5.91 Å². The van der Waals surface area contributed by atoms with Gasteiger partial charge in [0.1, 0.15) is 4.88 Å². The maximum Gasteiger partial charge on any atom is 0.263 e. The molecular weight excluding hydrogens is 270 g/mol. The van der Waals surface area contributed by atoms with Crippen molar-refractivity contribution >= 4 is 22.2 Å². The maximum absolute atomic E-state index is 12.4. The van der Waals surface area contributed by atoms with Crippen LogP contribution in [0.1, 0.15) is 66.5 Å². The van der Waals surface area contributed by atoms with Crippen LogP contribution in [0.3, 0.4) is 0 Å². The van der Waals surface area contributed by atoms with Crippen molar-refractivity contribution in [1.29, 1.82) is 0 Å². The Kier molecular flexibility index (Phi) is 3.54. The van der Waals surface area contributed by atoms with E-state index in [1.165, 1.54) is 24.2 Å². The van der Waals surface area contributed by atoms with Crippen LogP contribution in [0.2, 0.25) is 0 Å². The van der Waals surface area contributed by atoms with Gasteiger partial charge in [-0.3, -0.25) is 9.20 Å². The number of carbonyl (C=O) groups is 1. The van der Waals surface area contributed by atoms with Crippen LogP contribution < -0.4 is 5.32 Å². The Bertz CT molecular complexity index is 635. The summed E-state index contributed by atoms with van der Waals surface area (Å²) in [6.07, 6.45) is 6.75. The highest BCUT2D eigenvalue weighted by Crippen LogP contribution is 2.26. The van der Waals surface area contributed by atoms with Crippen LogP contribution in [0.25, 0.3) is 4.96 Å². The molecular formula is C15H21N3OS. The number of imidazole rings is 1. The molecule has 0 aromatic carbocycles. The normalized spacial score (nSPS) is 16.4. The molecule has 4 nitrogen and oxygen atoms in total. The first kappa shape index (κ1) is 13.6. The predicted octanol–water partition coefficient (Wildman–Crippen LogP) is 3.50. The van der Waals surface area contributed by atoms with Crippen molar-refractivity contribution in [3.05, 3.63) is 22.5 Å². The molecule has 1 saturated carbocycles. The zero-order chi connectivity index (χ0) is 14.3. The Morgan fingerprint density at radius 3 is 2.75 bits per heavy atom. The molecule has 108 valence electrons. The molecule has 2 heterocycles. The SMILES string of the molecule is Cc1c(C(=O)NC2CCCC2)sc2nc(C(C)C)cn12. The molecule has 1 N–H and O–H groups in total. The third-order valence-electron chi connectivity index (χ3n) is 4.06. The number of rotatable bonds is 3. The molecule has 0 atom stereocenters. The summed E-state index contributed by atoms with van der Waals surface area (Å²) in [4.78, 5) is 18.7. The van der Waals surface area contributed by atoms with Crippen molar-refractivity contribution in [2.75, 3.05) is 0 Å². The Hall–Kier alpha value is -1.36. The standard InChI is InChI=1S/C15H21N3OS/c1-9(2)12-8-18-10(3)13(20-15(18)17-12)14(19)16-11-6-4-5-7-11/h8-9,11H,4-7H2,1-3H3,(H,16,19). The molecule has 0 unspecified atom stereocenters. The zero-order valence-corrected chi connectivity index (χ0v) is 13.1. The summed E-state index contributed by atoms with van der Waals surface area (Å²) in [5, 5.41) is 3.15. The minimum absolute atomic E-state index is 0.0657. The molecule has 2 aromatic rings. The second kappa shape index (κ2) is 5.20. The van der Waals surface area contributed by atoms with Crippen LogP contribution in [0, 0.1) is 6.92 Å². The number of fused-ring (bicyclic) bond motifs is 1. The van der Waals surface area contributed by atoms with E-state index in [4.69, 9.17) is 0 Å². The molecule has 1 aliphatic rings. The minimum atomic E-state index is 0.0657. The van der Waals surface area contributed by atoms with Gasteiger partial charge in [-0.2, -0.15) is 0 Å². The van der Waals surface area contributed by atoms with Crippen molar-refractivity contribution in [2.24, 2.45) is 0 Å². The number of nitrogens with zero attached hydrogens (tertiary/aromatic N) is 2. The van der Waals surface area contributed by atoms with Gasteiger partial charge in [-0.05, 0) is 25.7 Å². The highest BCUT2D eigenvalue weighted by atomic mass is 32.1. The first-order valence-corrected chi connectivity index (χ1v) is 8.17. The number of amides is 1. The van der Waals surface area contributed by atoms with E-state index in [1.54, 1.807) is 0 Å². The highest BCUT2D eigenvalue weighted by molar-refractivity contribution is 7.19. The van der Waals surface area contributed by atoms with Crippen LogP contribution in [-0.2, 0) is 0 Å². The van der Waals surface area contributed by atoms with Crippen molar-refractivity contribution < 1.29 is 4.79 Å². The van der Waals surface area contributed by atoms with Gasteiger partial charge >= 0.3 is 0 Å². The van der Waals surface area contributed by atoms with Gasteiger partial charge in [0.05, 0.1) is 5.69 Å². The summed E-state index contributed by atoms with van der Waals surface area (Å²) in [7, 11) is 0. The summed E-state index contributed by atoms with van der Waals surface area (Å²) in [5.41, 5.74) is 2.09. The van der Waals surface area contributed by atoms with Crippen molar-refractivity contribution in [3.63, 3.8) is 0 Å². The lowest BCUT2D eigenvalue weighted by atomic mass is 10.2. The van der Waals surface area contributed by atoms with E-state index < -0.39 is 0 Å². The average molecular weight is 291 g/mol. The number of hydrogen-bond donors (Lipinski definition) is 1. The third-order valence-corrected chi connectivity index (χ3v) is 5.22. The lowest BCUT2D eigenvalue weighted by molar-refractivity contribution is 0.0941. The smallest absolute Gasteiger partial charge is 0.263 e. The van der Waals surface area contributed by atoms with Gasteiger partial charge in [0.2, 0.25) is 0 Å². The molecule has 0 radical (unpaired) electrons. The Morgan fingerprint density at radius 1 is 1.45 bits per heavy atom. The topological polar surface area (TPSA) is 46.4 Å². The van der Waals surface area contributed by atoms with Gasteiger partial charge < -0.3 is 5.32 Å². The van der Waals surface area contributed by atoms with Gasteiger partial charge in [-0.25, -0.2) is 4.98 Å². The molecule has 1 amide bonds. The van der Waals surface area contributed by atoms with Crippen LogP contribution in [-0.4, -0.2) is 21.3 Å². The number of aromatic nitrogens is 2.